The van der Waals surface area contributed by atoms with Gasteiger partial charge >= 0.3 is 0 Å². The Kier molecular flexibility index (Phi) is 4.44. The zero-order chi connectivity index (χ0) is 20.7. The summed E-state index contributed by atoms with van der Waals surface area (Å²) in [7, 11) is 1.68. The fraction of sp³-hybridized carbons (Fsp3) is 0.192. The maximum Gasteiger partial charge on any atom is 0.139 e. The Hall–Kier alpha value is -3.37. The van der Waals surface area contributed by atoms with E-state index < -0.39 is 5.60 Å². The monoisotopic (exact) mass is 396 g/mol. The third kappa shape index (κ3) is 2.76. The van der Waals surface area contributed by atoms with Crippen molar-refractivity contribution in [3.8, 4) is 5.75 Å². The standard InChI is InChI=1S/C26H24N2O2/c1-18-25(26(29,20-9-5-3-6-10-20)21-11-7-4-8-12-21)27-24-16-13-19-17-22(30-2)14-15-23(19)28(18)24/h3-18,25,29H,1-2H3/t18-,25?/m0/s1. The van der Waals surface area contributed by atoms with Crippen LogP contribution in [0.1, 0.15) is 23.6 Å². The van der Waals surface area contributed by atoms with Crippen molar-refractivity contribution in [2.24, 2.45) is 4.99 Å². The lowest BCUT2D eigenvalue weighted by molar-refractivity contribution is 0.0489. The molecule has 0 bridgehead atoms. The number of benzene rings is 3. The molecule has 0 saturated heterocycles. The van der Waals surface area contributed by atoms with Gasteiger partial charge in [-0.2, -0.15) is 0 Å². The molecule has 4 heteroatoms. The fourth-order valence-corrected chi connectivity index (χ4v) is 4.64. The van der Waals surface area contributed by atoms with Crippen LogP contribution in [0.4, 0.5) is 5.69 Å². The number of nitrogens with zero attached hydrogens (tertiary/aromatic N) is 2. The molecule has 0 aliphatic carbocycles. The van der Waals surface area contributed by atoms with Gasteiger partial charge in [0.05, 0.1) is 18.8 Å². The molecule has 3 aromatic rings. The van der Waals surface area contributed by atoms with Gasteiger partial charge in [-0.05, 0) is 48.4 Å². The van der Waals surface area contributed by atoms with E-state index in [0.717, 1.165) is 34.0 Å². The number of methoxy groups -OCH3 is 1. The average molecular weight is 396 g/mol. The summed E-state index contributed by atoms with van der Waals surface area (Å²) in [6.07, 6.45) is 4.08. The van der Waals surface area contributed by atoms with Crippen LogP contribution in [0.25, 0.3) is 6.08 Å². The van der Waals surface area contributed by atoms with Crippen molar-refractivity contribution in [1.29, 1.82) is 0 Å². The third-order valence-electron chi connectivity index (χ3n) is 6.14. The van der Waals surface area contributed by atoms with E-state index in [4.69, 9.17) is 9.73 Å². The Balaban J connectivity index is 1.63. The van der Waals surface area contributed by atoms with Crippen LogP contribution in [0.3, 0.4) is 0 Å². The first-order valence-electron chi connectivity index (χ1n) is 10.2. The van der Waals surface area contributed by atoms with Gasteiger partial charge in [-0.3, -0.25) is 4.99 Å². The second-order valence-electron chi connectivity index (χ2n) is 7.80. The van der Waals surface area contributed by atoms with Crippen LogP contribution in [0.5, 0.6) is 5.75 Å². The minimum atomic E-state index is -1.24. The van der Waals surface area contributed by atoms with Crippen LogP contribution < -0.4 is 9.64 Å². The molecule has 3 aromatic carbocycles. The van der Waals surface area contributed by atoms with E-state index in [1.807, 2.05) is 78.9 Å². The molecule has 1 unspecified atom stereocenters. The summed E-state index contributed by atoms with van der Waals surface area (Å²) in [6, 6.07) is 25.4. The molecule has 0 aromatic heterocycles. The van der Waals surface area contributed by atoms with Gasteiger partial charge in [0.1, 0.15) is 23.2 Å². The van der Waals surface area contributed by atoms with Gasteiger partial charge < -0.3 is 14.7 Å². The van der Waals surface area contributed by atoms with Gasteiger partial charge in [-0.15, -0.1) is 0 Å². The molecule has 0 radical (unpaired) electrons. The minimum absolute atomic E-state index is 0.0393. The smallest absolute Gasteiger partial charge is 0.139 e. The topological polar surface area (TPSA) is 45.1 Å². The van der Waals surface area contributed by atoms with Gasteiger partial charge in [0.2, 0.25) is 0 Å². The highest BCUT2D eigenvalue weighted by Crippen LogP contribution is 2.43. The molecular formula is C26H24N2O2. The Bertz CT molecular complexity index is 1080. The summed E-state index contributed by atoms with van der Waals surface area (Å²) < 4.78 is 5.39. The van der Waals surface area contributed by atoms with Gasteiger partial charge in [-0.1, -0.05) is 60.7 Å². The van der Waals surface area contributed by atoms with E-state index in [-0.39, 0.29) is 12.1 Å². The van der Waals surface area contributed by atoms with E-state index in [2.05, 4.69) is 24.0 Å². The number of hydrogen-bond donors (Lipinski definition) is 1. The third-order valence-corrected chi connectivity index (χ3v) is 6.14. The summed E-state index contributed by atoms with van der Waals surface area (Å²) in [4.78, 5) is 7.25. The highest BCUT2D eigenvalue weighted by atomic mass is 16.5. The Labute approximate surface area is 176 Å². The summed E-state index contributed by atoms with van der Waals surface area (Å²) in [5, 5.41) is 12.2. The maximum absolute atomic E-state index is 12.2. The fourth-order valence-electron chi connectivity index (χ4n) is 4.64. The lowest BCUT2D eigenvalue weighted by atomic mass is 9.78. The largest absolute Gasteiger partial charge is 0.497 e. The van der Waals surface area contributed by atoms with Crippen LogP contribution in [0.2, 0.25) is 0 Å². The molecule has 2 aliphatic heterocycles. The first kappa shape index (κ1) is 18.6. The van der Waals surface area contributed by atoms with Crippen molar-refractivity contribution in [3.05, 3.63) is 102 Å². The number of aliphatic imine (C=N–C) groups is 1. The van der Waals surface area contributed by atoms with Crippen molar-refractivity contribution >= 4 is 17.6 Å². The first-order chi connectivity index (χ1) is 14.6. The number of fused-ring (bicyclic) bond motifs is 3. The number of anilines is 1. The molecule has 1 N–H and O–H groups in total. The molecule has 2 atom stereocenters. The van der Waals surface area contributed by atoms with E-state index >= 15 is 0 Å². The quantitative estimate of drug-likeness (QED) is 0.699. The van der Waals surface area contributed by atoms with Crippen molar-refractivity contribution in [1.82, 2.24) is 0 Å². The number of amidine groups is 1. The Morgan fingerprint density at radius 3 is 2.13 bits per heavy atom. The lowest BCUT2D eigenvalue weighted by Crippen LogP contribution is -2.48. The molecule has 0 fully saturated rings. The minimum Gasteiger partial charge on any atom is -0.497 e. The predicted octanol–water partition coefficient (Wildman–Crippen LogP) is 4.63. The normalized spacial score (nSPS) is 19.8. The van der Waals surface area contributed by atoms with E-state index in [1.165, 1.54) is 0 Å². The second kappa shape index (κ2) is 7.15. The van der Waals surface area contributed by atoms with Crippen LogP contribution in [-0.2, 0) is 5.60 Å². The molecular weight excluding hydrogens is 372 g/mol. The first-order valence-corrected chi connectivity index (χ1v) is 10.2. The SMILES string of the molecule is COc1ccc2c(c1)C=CC1=NC(C(O)(c3ccccc3)c3ccccc3)[C@H](C)N12. The van der Waals surface area contributed by atoms with E-state index in [9.17, 15) is 5.11 Å². The zero-order valence-electron chi connectivity index (χ0n) is 17.1. The molecule has 2 aliphatic rings. The van der Waals surface area contributed by atoms with Crippen molar-refractivity contribution in [2.45, 2.75) is 24.6 Å². The van der Waals surface area contributed by atoms with Crippen LogP contribution >= 0.6 is 0 Å². The van der Waals surface area contributed by atoms with Crippen LogP contribution in [0.15, 0.2) is 89.9 Å². The van der Waals surface area contributed by atoms with Gasteiger partial charge in [-0.25, -0.2) is 0 Å². The van der Waals surface area contributed by atoms with Crippen molar-refractivity contribution < 1.29 is 9.84 Å². The highest BCUT2D eigenvalue weighted by Gasteiger charge is 2.49. The van der Waals surface area contributed by atoms with Crippen LogP contribution in [0, 0.1) is 0 Å². The molecule has 30 heavy (non-hydrogen) atoms. The van der Waals surface area contributed by atoms with E-state index in [1.54, 1.807) is 7.11 Å². The van der Waals surface area contributed by atoms with E-state index in [0.29, 0.717) is 0 Å². The summed E-state index contributed by atoms with van der Waals surface area (Å²) in [6.45, 7) is 2.13. The predicted molar refractivity (Wildman–Crippen MR) is 121 cm³/mol. The lowest BCUT2D eigenvalue weighted by Gasteiger charge is -2.38. The van der Waals surface area contributed by atoms with Crippen LogP contribution in [-0.4, -0.2) is 30.1 Å². The van der Waals surface area contributed by atoms with Gasteiger partial charge in [0.25, 0.3) is 0 Å². The number of ether oxygens (including phenoxy) is 1. The molecule has 2 heterocycles. The molecule has 150 valence electrons. The average Bonchev–Trinajstić information content (AvgIpc) is 3.16. The highest BCUT2D eigenvalue weighted by molar-refractivity contribution is 6.14. The molecule has 4 nitrogen and oxygen atoms in total. The molecule has 0 saturated carbocycles. The number of aliphatic hydroxyl groups is 1. The zero-order valence-corrected chi connectivity index (χ0v) is 17.1. The van der Waals surface area contributed by atoms with Crippen molar-refractivity contribution in [2.75, 3.05) is 12.0 Å². The van der Waals surface area contributed by atoms with Gasteiger partial charge in [0, 0.05) is 5.56 Å². The Morgan fingerprint density at radius 1 is 0.900 bits per heavy atom. The summed E-state index contributed by atoms with van der Waals surface area (Å²) in [5.41, 5.74) is 2.61. The summed E-state index contributed by atoms with van der Waals surface area (Å²) in [5.74, 6) is 1.70. The number of rotatable bonds is 4. The number of hydrogen-bond acceptors (Lipinski definition) is 4. The molecule has 0 amide bonds. The summed E-state index contributed by atoms with van der Waals surface area (Å²) >= 11 is 0. The second-order valence-corrected chi connectivity index (χ2v) is 7.80. The Morgan fingerprint density at radius 2 is 1.53 bits per heavy atom. The maximum atomic E-state index is 12.2. The van der Waals surface area contributed by atoms with Crippen molar-refractivity contribution in [3.63, 3.8) is 0 Å². The molecule has 5 rings (SSSR count). The molecule has 0 spiro atoms. The van der Waals surface area contributed by atoms with Gasteiger partial charge in [0.15, 0.2) is 0 Å².